The summed E-state index contributed by atoms with van der Waals surface area (Å²) >= 11 is 0. The number of anilines is 2. The van der Waals surface area contributed by atoms with Crippen molar-refractivity contribution in [1.82, 2.24) is 9.97 Å². The van der Waals surface area contributed by atoms with Gasteiger partial charge in [-0.15, -0.1) is 0 Å². The predicted molar refractivity (Wildman–Crippen MR) is 77.8 cm³/mol. The molecule has 0 bridgehead atoms. The molecule has 2 rings (SSSR count). The molecule has 4 N–H and O–H groups in total. The Balaban J connectivity index is 2.21. The largest absolute Gasteiger partial charge is 0.380 e. The highest BCUT2D eigenvalue weighted by Crippen LogP contribution is 2.17. The van der Waals surface area contributed by atoms with Gasteiger partial charge in [-0.1, -0.05) is 12.1 Å². The molecule has 8 nitrogen and oxygen atoms in total. The van der Waals surface area contributed by atoms with Gasteiger partial charge in [-0.05, 0) is 17.7 Å². The average molecular weight is 309 g/mol. The Bertz CT molecular complexity index is 703. The number of nitrogen functional groups attached to an aromatic ring is 1. The Hall–Kier alpha value is -2.23. The molecule has 9 heteroatoms. The number of benzene rings is 1. The SMILES string of the molecule is COCc1cccc(NS(=O)(=O)c2cnc(NN)nc2)c1. The van der Waals surface area contributed by atoms with E-state index in [0.29, 0.717) is 12.3 Å². The minimum Gasteiger partial charge on any atom is -0.380 e. The molecule has 1 heterocycles. The first-order valence-electron chi connectivity index (χ1n) is 5.94. The molecular weight excluding hydrogens is 294 g/mol. The van der Waals surface area contributed by atoms with Crippen molar-refractivity contribution in [2.24, 2.45) is 5.84 Å². The lowest BCUT2D eigenvalue weighted by Gasteiger charge is -2.09. The van der Waals surface area contributed by atoms with Gasteiger partial charge in [0.2, 0.25) is 5.95 Å². The van der Waals surface area contributed by atoms with Crippen LogP contribution in [0, 0.1) is 0 Å². The maximum absolute atomic E-state index is 12.2. The fraction of sp³-hybridized carbons (Fsp3) is 0.167. The summed E-state index contributed by atoms with van der Waals surface area (Å²) in [6.45, 7) is 0.398. The van der Waals surface area contributed by atoms with E-state index in [1.165, 1.54) is 12.4 Å². The summed E-state index contributed by atoms with van der Waals surface area (Å²) in [5.41, 5.74) is 3.52. The molecule has 112 valence electrons. The highest BCUT2D eigenvalue weighted by Gasteiger charge is 2.15. The number of hydrogen-bond acceptors (Lipinski definition) is 7. The van der Waals surface area contributed by atoms with Crippen LogP contribution < -0.4 is 16.0 Å². The number of hydrogen-bond donors (Lipinski definition) is 3. The van der Waals surface area contributed by atoms with Crippen LogP contribution in [-0.2, 0) is 21.4 Å². The number of hydrazine groups is 1. The molecule has 0 aliphatic carbocycles. The molecule has 0 unspecified atom stereocenters. The van der Waals surface area contributed by atoms with Crippen LogP contribution in [-0.4, -0.2) is 25.5 Å². The molecule has 21 heavy (non-hydrogen) atoms. The minimum atomic E-state index is -3.75. The summed E-state index contributed by atoms with van der Waals surface area (Å²) in [7, 11) is -2.18. The second-order valence-corrected chi connectivity index (χ2v) is 5.81. The Morgan fingerprint density at radius 2 is 2.00 bits per heavy atom. The van der Waals surface area contributed by atoms with Crippen molar-refractivity contribution in [3.63, 3.8) is 0 Å². The van der Waals surface area contributed by atoms with Crippen LogP contribution >= 0.6 is 0 Å². The molecule has 0 aliphatic rings. The average Bonchev–Trinajstić information content (AvgIpc) is 2.47. The molecule has 0 fully saturated rings. The van der Waals surface area contributed by atoms with Crippen molar-refractivity contribution >= 4 is 21.7 Å². The van der Waals surface area contributed by atoms with Gasteiger partial charge in [0, 0.05) is 12.8 Å². The number of sulfonamides is 1. The lowest BCUT2D eigenvalue weighted by Crippen LogP contribution is -2.15. The minimum absolute atomic E-state index is 0.0568. The molecule has 0 saturated heterocycles. The Labute approximate surface area is 122 Å². The number of ether oxygens (including phenoxy) is 1. The number of aromatic nitrogens is 2. The van der Waals surface area contributed by atoms with Crippen molar-refractivity contribution < 1.29 is 13.2 Å². The molecule has 0 atom stereocenters. The number of nitrogens with zero attached hydrogens (tertiary/aromatic N) is 2. The summed E-state index contributed by atoms with van der Waals surface area (Å²) in [4.78, 5) is 7.47. The zero-order chi connectivity index (χ0) is 15.3. The van der Waals surface area contributed by atoms with Crippen LogP contribution in [0.15, 0.2) is 41.6 Å². The molecule has 0 radical (unpaired) electrons. The van der Waals surface area contributed by atoms with Crippen LogP contribution in [0.1, 0.15) is 5.56 Å². The lowest BCUT2D eigenvalue weighted by molar-refractivity contribution is 0.185. The van der Waals surface area contributed by atoms with Gasteiger partial charge < -0.3 is 4.74 Å². The molecule has 1 aromatic heterocycles. The topological polar surface area (TPSA) is 119 Å². The van der Waals surface area contributed by atoms with Crippen molar-refractivity contribution in [2.75, 3.05) is 17.3 Å². The molecular formula is C12H15N5O3S. The van der Waals surface area contributed by atoms with E-state index < -0.39 is 10.0 Å². The number of methoxy groups -OCH3 is 1. The maximum atomic E-state index is 12.2. The van der Waals surface area contributed by atoms with E-state index in [4.69, 9.17) is 10.6 Å². The van der Waals surface area contributed by atoms with Crippen LogP contribution in [0.4, 0.5) is 11.6 Å². The zero-order valence-corrected chi connectivity index (χ0v) is 12.1. The standard InChI is InChI=1S/C12H15N5O3S/c1-20-8-9-3-2-4-10(5-9)17-21(18,19)11-6-14-12(16-13)15-7-11/h2-7,17H,8,13H2,1H3,(H,14,15,16). The van der Waals surface area contributed by atoms with Gasteiger partial charge in [0.15, 0.2) is 0 Å². The molecule has 0 spiro atoms. The van der Waals surface area contributed by atoms with Gasteiger partial charge in [0.25, 0.3) is 10.0 Å². The first-order valence-corrected chi connectivity index (χ1v) is 7.43. The first kappa shape index (κ1) is 15.2. The van der Waals surface area contributed by atoms with Crippen LogP contribution in [0.25, 0.3) is 0 Å². The fourth-order valence-corrected chi connectivity index (χ4v) is 2.57. The third kappa shape index (κ3) is 3.88. The van der Waals surface area contributed by atoms with E-state index in [1.807, 2.05) is 6.07 Å². The van der Waals surface area contributed by atoms with Crippen molar-refractivity contribution in [2.45, 2.75) is 11.5 Å². The quantitative estimate of drug-likeness (QED) is 0.531. The van der Waals surface area contributed by atoms with Crippen LogP contribution in [0.3, 0.4) is 0 Å². The van der Waals surface area contributed by atoms with E-state index in [-0.39, 0.29) is 10.8 Å². The summed E-state index contributed by atoms with van der Waals surface area (Å²) < 4.78 is 31.9. The Morgan fingerprint density at radius 3 is 2.62 bits per heavy atom. The third-order valence-corrected chi connectivity index (χ3v) is 3.89. The second-order valence-electron chi connectivity index (χ2n) is 4.13. The predicted octanol–water partition coefficient (Wildman–Crippen LogP) is 0.709. The van der Waals surface area contributed by atoms with Crippen molar-refractivity contribution in [1.29, 1.82) is 0 Å². The maximum Gasteiger partial charge on any atom is 0.264 e. The molecule has 2 aromatic rings. The fourth-order valence-electron chi connectivity index (χ4n) is 1.63. The van der Waals surface area contributed by atoms with E-state index in [0.717, 1.165) is 5.56 Å². The molecule has 0 saturated carbocycles. The van der Waals surface area contributed by atoms with Crippen LogP contribution in [0.2, 0.25) is 0 Å². The monoisotopic (exact) mass is 309 g/mol. The highest BCUT2D eigenvalue weighted by molar-refractivity contribution is 7.92. The summed E-state index contributed by atoms with van der Waals surface area (Å²) in [6.07, 6.45) is 2.34. The van der Waals surface area contributed by atoms with E-state index in [9.17, 15) is 8.42 Å². The van der Waals surface area contributed by atoms with E-state index >= 15 is 0 Å². The van der Waals surface area contributed by atoms with E-state index in [1.54, 1.807) is 25.3 Å². The summed E-state index contributed by atoms with van der Waals surface area (Å²) in [6, 6.07) is 6.92. The second kappa shape index (κ2) is 6.48. The van der Waals surface area contributed by atoms with Gasteiger partial charge in [-0.25, -0.2) is 24.2 Å². The normalized spacial score (nSPS) is 11.1. The molecule has 0 aliphatic heterocycles. The third-order valence-electron chi connectivity index (χ3n) is 2.56. The molecule has 1 aromatic carbocycles. The Morgan fingerprint density at radius 1 is 1.29 bits per heavy atom. The molecule has 0 amide bonds. The number of nitrogens with two attached hydrogens (primary N) is 1. The van der Waals surface area contributed by atoms with Crippen molar-refractivity contribution in [3.8, 4) is 0 Å². The number of nitrogens with one attached hydrogen (secondary N) is 2. The van der Waals surface area contributed by atoms with Crippen molar-refractivity contribution in [3.05, 3.63) is 42.2 Å². The van der Waals surface area contributed by atoms with E-state index in [2.05, 4.69) is 20.1 Å². The first-order chi connectivity index (χ1) is 10.0. The van der Waals surface area contributed by atoms with Gasteiger partial charge >= 0.3 is 0 Å². The Kier molecular flexibility index (Phi) is 4.68. The van der Waals surface area contributed by atoms with Gasteiger partial charge in [0.05, 0.1) is 19.0 Å². The smallest absolute Gasteiger partial charge is 0.264 e. The van der Waals surface area contributed by atoms with Gasteiger partial charge in [-0.2, -0.15) is 0 Å². The lowest BCUT2D eigenvalue weighted by atomic mass is 10.2. The van der Waals surface area contributed by atoms with Gasteiger partial charge in [-0.3, -0.25) is 10.1 Å². The summed E-state index contributed by atoms with van der Waals surface area (Å²) in [5, 5.41) is 0. The highest BCUT2D eigenvalue weighted by atomic mass is 32.2. The number of rotatable bonds is 6. The van der Waals surface area contributed by atoms with Gasteiger partial charge in [0.1, 0.15) is 4.90 Å². The summed E-state index contributed by atoms with van der Waals surface area (Å²) in [5.74, 6) is 5.26. The van der Waals surface area contributed by atoms with Crippen LogP contribution in [0.5, 0.6) is 0 Å². The zero-order valence-electron chi connectivity index (χ0n) is 11.3.